The van der Waals surface area contributed by atoms with Gasteiger partial charge in [-0.2, -0.15) is 11.8 Å². The molecule has 0 spiro atoms. The number of ether oxygens (including phenoxy) is 1. The minimum absolute atomic E-state index is 0.743. The summed E-state index contributed by atoms with van der Waals surface area (Å²) < 4.78 is 5.96. The summed E-state index contributed by atoms with van der Waals surface area (Å²) in [7, 11) is 0. The highest BCUT2D eigenvalue weighted by atomic mass is 32.2. The molecule has 1 N–H and O–H groups in total. The highest BCUT2D eigenvalue weighted by Crippen LogP contribution is 2.28. The fourth-order valence-electron chi connectivity index (χ4n) is 2.68. The fraction of sp³-hybridized carbons (Fsp3) is 0.600. The van der Waals surface area contributed by atoms with Gasteiger partial charge in [0.05, 0.1) is 6.61 Å². The van der Waals surface area contributed by atoms with Gasteiger partial charge in [-0.15, -0.1) is 0 Å². The predicted molar refractivity (Wildman–Crippen MR) is 78.8 cm³/mol. The van der Waals surface area contributed by atoms with Crippen LogP contribution in [0.4, 0.5) is 5.69 Å². The SMILES string of the molecule is c1cc2c(cc1OCC1CCCSC1)NCCC2. The van der Waals surface area contributed by atoms with Gasteiger partial charge in [0, 0.05) is 24.2 Å². The maximum atomic E-state index is 5.96. The summed E-state index contributed by atoms with van der Waals surface area (Å²) in [6, 6.07) is 6.51. The van der Waals surface area contributed by atoms with E-state index in [4.69, 9.17) is 4.74 Å². The molecule has 0 aromatic heterocycles. The Hall–Kier alpha value is -0.830. The normalized spacial score (nSPS) is 23.0. The van der Waals surface area contributed by atoms with Crippen LogP contribution in [0.1, 0.15) is 24.8 Å². The van der Waals surface area contributed by atoms with Gasteiger partial charge >= 0.3 is 0 Å². The van der Waals surface area contributed by atoms with Crippen molar-refractivity contribution in [2.45, 2.75) is 25.7 Å². The lowest BCUT2D eigenvalue weighted by Gasteiger charge is -2.22. The zero-order valence-electron chi connectivity index (χ0n) is 10.8. The van der Waals surface area contributed by atoms with Gasteiger partial charge in [-0.3, -0.25) is 0 Å². The Morgan fingerprint density at radius 3 is 3.22 bits per heavy atom. The number of nitrogens with one attached hydrogen (secondary N) is 1. The van der Waals surface area contributed by atoms with Crippen LogP contribution in [0.25, 0.3) is 0 Å². The largest absolute Gasteiger partial charge is 0.493 e. The van der Waals surface area contributed by atoms with Crippen LogP contribution in [-0.4, -0.2) is 24.7 Å². The van der Waals surface area contributed by atoms with E-state index < -0.39 is 0 Å². The van der Waals surface area contributed by atoms with Crippen molar-refractivity contribution in [3.8, 4) is 5.75 Å². The number of benzene rings is 1. The van der Waals surface area contributed by atoms with Gasteiger partial charge in [-0.1, -0.05) is 6.07 Å². The first kappa shape index (κ1) is 12.2. The van der Waals surface area contributed by atoms with Gasteiger partial charge in [0.2, 0.25) is 0 Å². The summed E-state index contributed by atoms with van der Waals surface area (Å²) in [5, 5.41) is 3.46. The highest BCUT2D eigenvalue weighted by molar-refractivity contribution is 7.99. The molecule has 1 unspecified atom stereocenters. The fourth-order valence-corrected chi connectivity index (χ4v) is 3.82. The molecule has 2 heterocycles. The third-order valence-corrected chi connectivity index (χ3v) is 5.04. The monoisotopic (exact) mass is 263 g/mol. The lowest BCUT2D eigenvalue weighted by Crippen LogP contribution is -2.18. The van der Waals surface area contributed by atoms with Crippen molar-refractivity contribution < 1.29 is 4.74 Å². The van der Waals surface area contributed by atoms with E-state index in [9.17, 15) is 0 Å². The first-order valence-electron chi connectivity index (χ1n) is 6.99. The molecule has 2 nitrogen and oxygen atoms in total. The molecule has 18 heavy (non-hydrogen) atoms. The molecular weight excluding hydrogens is 242 g/mol. The average molecular weight is 263 g/mol. The summed E-state index contributed by atoms with van der Waals surface area (Å²) in [4.78, 5) is 0. The Balaban J connectivity index is 1.58. The van der Waals surface area contributed by atoms with Crippen molar-refractivity contribution in [1.29, 1.82) is 0 Å². The third kappa shape index (κ3) is 2.94. The molecule has 2 aliphatic rings. The number of hydrogen-bond acceptors (Lipinski definition) is 3. The molecule has 0 radical (unpaired) electrons. The maximum absolute atomic E-state index is 5.96. The van der Waals surface area contributed by atoms with E-state index >= 15 is 0 Å². The maximum Gasteiger partial charge on any atom is 0.121 e. The second kappa shape index (κ2) is 5.87. The Morgan fingerprint density at radius 2 is 2.33 bits per heavy atom. The first-order valence-corrected chi connectivity index (χ1v) is 8.14. The zero-order chi connectivity index (χ0) is 12.2. The summed E-state index contributed by atoms with van der Waals surface area (Å²) >= 11 is 2.07. The summed E-state index contributed by atoms with van der Waals surface area (Å²) in [5.74, 6) is 4.37. The minimum atomic E-state index is 0.743. The molecule has 0 aliphatic carbocycles. The quantitative estimate of drug-likeness (QED) is 0.901. The number of rotatable bonds is 3. The third-order valence-electron chi connectivity index (χ3n) is 3.76. The molecule has 1 aromatic rings. The Morgan fingerprint density at radius 1 is 1.33 bits per heavy atom. The summed E-state index contributed by atoms with van der Waals surface area (Å²) in [6.45, 7) is 1.97. The van der Waals surface area contributed by atoms with Crippen LogP contribution in [0, 0.1) is 5.92 Å². The smallest absolute Gasteiger partial charge is 0.121 e. The summed E-state index contributed by atoms with van der Waals surface area (Å²) in [5.41, 5.74) is 2.71. The van der Waals surface area contributed by atoms with Crippen LogP contribution in [0.3, 0.4) is 0 Å². The van der Waals surface area contributed by atoms with Gasteiger partial charge in [-0.25, -0.2) is 0 Å². The molecule has 1 aromatic carbocycles. The highest BCUT2D eigenvalue weighted by Gasteiger charge is 2.15. The minimum Gasteiger partial charge on any atom is -0.493 e. The predicted octanol–water partition coefficient (Wildman–Crippen LogP) is 3.57. The zero-order valence-corrected chi connectivity index (χ0v) is 11.6. The molecule has 0 amide bonds. The van der Waals surface area contributed by atoms with Gasteiger partial charge in [0.15, 0.2) is 0 Å². The lowest BCUT2D eigenvalue weighted by molar-refractivity contribution is 0.252. The van der Waals surface area contributed by atoms with Crippen LogP contribution in [0.5, 0.6) is 5.75 Å². The van der Waals surface area contributed by atoms with Crippen molar-refractivity contribution in [3.63, 3.8) is 0 Å². The summed E-state index contributed by atoms with van der Waals surface area (Å²) in [6.07, 6.45) is 5.12. The van der Waals surface area contributed by atoms with E-state index in [1.54, 1.807) is 0 Å². The van der Waals surface area contributed by atoms with E-state index in [0.717, 1.165) is 24.8 Å². The standard InChI is InChI=1S/C15H21NOS/c1-4-13-5-6-14(9-15(13)16-7-1)17-10-12-3-2-8-18-11-12/h5-6,9,12,16H,1-4,7-8,10-11H2. The van der Waals surface area contributed by atoms with Crippen LogP contribution in [-0.2, 0) is 6.42 Å². The van der Waals surface area contributed by atoms with Crippen LogP contribution in [0.2, 0.25) is 0 Å². The Kier molecular flexibility index (Phi) is 3.99. The van der Waals surface area contributed by atoms with Crippen molar-refractivity contribution in [2.24, 2.45) is 5.92 Å². The van der Waals surface area contributed by atoms with E-state index in [1.807, 2.05) is 0 Å². The molecule has 1 saturated heterocycles. The van der Waals surface area contributed by atoms with Crippen molar-refractivity contribution in [1.82, 2.24) is 0 Å². The molecule has 1 atom stereocenters. The Bertz CT molecular complexity index is 401. The molecule has 0 bridgehead atoms. The first-order chi connectivity index (χ1) is 8.92. The number of fused-ring (bicyclic) bond motifs is 1. The number of thioether (sulfide) groups is 1. The van der Waals surface area contributed by atoms with Gasteiger partial charge in [0.1, 0.15) is 5.75 Å². The van der Waals surface area contributed by atoms with Gasteiger partial charge < -0.3 is 10.1 Å². The van der Waals surface area contributed by atoms with Gasteiger partial charge in [0.25, 0.3) is 0 Å². The molecule has 3 heteroatoms. The van der Waals surface area contributed by atoms with Crippen LogP contribution >= 0.6 is 11.8 Å². The molecule has 2 aliphatic heterocycles. The van der Waals surface area contributed by atoms with E-state index in [2.05, 4.69) is 35.3 Å². The average Bonchev–Trinajstić information content (AvgIpc) is 2.46. The van der Waals surface area contributed by atoms with E-state index in [0.29, 0.717) is 0 Å². The van der Waals surface area contributed by atoms with Crippen molar-refractivity contribution in [2.75, 3.05) is 30.0 Å². The van der Waals surface area contributed by atoms with Crippen molar-refractivity contribution >= 4 is 17.4 Å². The lowest BCUT2D eigenvalue weighted by atomic mass is 10.0. The topological polar surface area (TPSA) is 21.3 Å². The number of anilines is 1. The van der Waals surface area contributed by atoms with Crippen LogP contribution < -0.4 is 10.1 Å². The second-order valence-corrected chi connectivity index (χ2v) is 6.39. The molecule has 1 fully saturated rings. The van der Waals surface area contributed by atoms with E-state index in [1.165, 1.54) is 48.4 Å². The van der Waals surface area contributed by atoms with Gasteiger partial charge in [-0.05, 0) is 48.8 Å². The molecular formula is C15H21NOS. The Labute approximate surface area is 113 Å². The van der Waals surface area contributed by atoms with E-state index in [-0.39, 0.29) is 0 Å². The van der Waals surface area contributed by atoms with Crippen LogP contribution in [0.15, 0.2) is 18.2 Å². The van der Waals surface area contributed by atoms with Crippen molar-refractivity contribution in [3.05, 3.63) is 23.8 Å². The number of aryl methyl sites for hydroxylation is 1. The molecule has 0 saturated carbocycles. The second-order valence-electron chi connectivity index (χ2n) is 5.24. The molecule has 3 rings (SSSR count). The number of hydrogen-bond donors (Lipinski definition) is 1. The molecule has 98 valence electrons.